The van der Waals surface area contributed by atoms with Gasteiger partial charge in [0.05, 0.1) is 0 Å². The van der Waals surface area contributed by atoms with Gasteiger partial charge in [-0.3, -0.25) is 4.79 Å². The van der Waals surface area contributed by atoms with Gasteiger partial charge in [0.2, 0.25) is 0 Å². The smallest absolute Gasteiger partial charge is 0.139 e. The van der Waals surface area contributed by atoms with Crippen molar-refractivity contribution in [2.45, 2.75) is 65.7 Å². The van der Waals surface area contributed by atoms with Gasteiger partial charge in [0.25, 0.3) is 0 Å². The van der Waals surface area contributed by atoms with Crippen molar-refractivity contribution in [1.82, 2.24) is 0 Å². The lowest BCUT2D eigenvalue weighted by Gasteiger charge is -2.54. The van der Waals surface area contributed by atoms with Crippen molar-refractivity contribution in [3.8, 4) is 0 Å². The SMILES string of the molecule is CC1CCC2C(CCC3C2CCCC3(C)C)C1=O. The Hall–Kier alpha value is -0.330. The van der Waals surface area contributed by atoms with E-state index in [4.69, 9.17) is 0 Å². The van der Waals surface area contributed by atoms with Crippen molar-refractivity contribution in [3.63, 3.8) is 0 Å². The number of fused-ring (bicyclic) bond motifs is 3. The fourth-order valence-electron chi connectivity index (χ4n) is 5.47. The highest BCUT2D eigenvalue weighted by atomic mass is 16.1. The van der Waals surface area contributed by atoms with Gasteiger partial charge in [0, 0.05) is 11.8 Å². The summed E-state index contributed by atoms with van der Waals surface area (Å²) in [5.41, 5.74) is 0.528. The first kappa shape index (κ1) is 12.7. The number of rotatable bonds is 0. The average molecular weight is 248 g/mol. The van der Waals surface area contributed by atoms with Gasteiger partial charge in [0.15, 0.2) is 0 Å². The molecule has 5 atom stereocenters. The molecule has 5 unspecified atom stereocenters. The summed E-state index contributed by atoms with van der Waals surface area (Å²) in [5.74, 6) is 3.89. The molecule has 0 aromatic carbocycles. The normalized spacial score (nSPS) is 47.3. The predicted octanol–water partition coefficient (Wildman–Crippen LogP) is 4.45. The molecule has 0 bridgehead atoms. The van der Waals surface area contributed by atoms with E-state index < -0.39 is 0 Å². The molecular formula is C17H28O. The monoisotopic (exact) mass is 248 g/mol. The van der Waals surface area contributed by atoms with Crippen LogP contribution in [-0.4, -0.2) is 5.78 Å². The maximum atomic E-state index is 12.4. The molecule has 3 aliphatic rings. The van der Waals surface area contributed by atoms with E-state index in [-0.39, 0.29) is 0 Å². The molecule has 3 aliphatic carbocycles. The Morgan fingerprint density at radius 3 is 2.56 bits per heavy atom. The van der Waals surface area contributed by atoms with Crippen LogP contribution in [0.15, 0.2) is 0 Å². The number of hydrogen-bond acceptors (Lipinski definition) is 1. The molecule has 1 nitrogen and oxygen atoms in total. The second-order valence-electron chi connectivity index (χ2n) is 7.88. The highest BCUT2D eigenvalue weighted by molar-refractivity contribution is 5.84. The fraction of sp³-hybridized carbons (Fsp3) is 0.941. The molecule has 3 saturated carbocycles. The molecule has 0 aromatic heterocycles. The molecule has 102 valence electrons. The van der Waals surface area contributed by atoms with Crippen molar-refractivity contribution in [1.29, 1.82) is 0 Å². The third-order valence-corrected chi connectivity index (χ3v) is 6.52. The number of carbonyl (C=O) groups is 1. The van der Waals surface area contributed by atoms with Gasteiger partial charge in [-0.2, -0.15) is 0 Å². The molecule has 0 heterocycles. The molecule has 0 N–H and O–H groups in total. The lowest BCUT2D eigenvalue weighted by Crippen LogP contribution is -2.48. The summed E-state index contributed by atoms with van der Waals surface area (Å²) < 4.78 is 0. The van der Waals surface area contributed by atoms with Crippen molar-refractivity contribution in [2.75, 3.05) is 0 Å². The summed E-state index contributed by atoms with van der Waals surface area (Å²) in [7, 11) is 0. The van der Waals surface area contributed by atoms with Crippen LogP contribution < -0.4 is 0 Å². The summed E-state index contributed by atoms with van der Waals surface area (Å²) in [6.07, 6.45) is 9.18. The van der Waals surface area contributed by atoms with Crippen molar-refractivity contribution < 1.29 is 4.79 Å². The molecule has 18 heavy (non-hydrogen) atoms. The minimum Gasteiger partial charge on any atom is -0.299 e. The largest absolute Gasteiger partial charge is 0.299 e. The zero-order valence-electron chi connectivity index (χ0n) is 12.2. The van der Waals surface area contributed by atoms with Crippen molar-refractivity contribution in [3.05, 3.63) is 0 Å². The second-order valence-corrected chi connectivity index (χ2v) is 7.88. The Kier molecular flexibility index (Phi) is 3.07. The predicted molar refractivity (Wildman–Crippen MR) is 74.2 cm³/mol. The first-order valence-corrected chi connectivity index (χ1v) is 8.04. The summed E-state index contributed by atoms with van der Waals surface area (Å²) in [4.78, 5) is 12.4. The van der Waals surface area contributed by atoms with E-state index in [1.807, 2.05) is 0 Å². The maximum Gasteiger partial charge on any atom is 0.139 e. The molecule has 0 radical (unpaired) electrons. The Balaban J connectivity index is 1.84. The zero-order chi connectivity index (χ0) is 12.9. The van der Waals surface area contributed by atoms with Gasteiger partial charge in [-0.25, -0.2) is 0 Å². The zero-order valence-corrected chi connectivity index (χ0v) is 12.2. The Bertz CT molecular complexity index is 344. The lowest BCUT2D eigenvalue weighted by molar-refractivity contribution is -0.138. The fourth-order valence-corrected chi connectivity index (χ4v) is 5.47. The molecule has 0 aromatic rings. The van der Waals surface area contributed by atoms with E-state index in [1.165, 1.54) is 38.5 Å². The van der Waals surface area contributed by atoms with E-state index in [0.717, 1.165) is 24.2 Å². The van der Waals surface area contributed by atoms with Crippen LogP contribution >= 0.6 is 0 Å². The van der Waals surface area contributed by atoms with Gasteiger partial charge in [-0.05, 0) is 61.7 Å². The van der Waals surface area contributed by atoms with E-state index in [1.54, 1.807) is 0 Å². The third kappa shape index (κ3) is 1.85. The van der Waals surface area contributed by atoms with Crippen LogP contribution in [0.4, 0.5) is 0 Å². The van der Waals surface area contributed by atoms with Crippen LogP contribution in [0.1, 0.15) is 65.7 Å². The van der Waals surface area contributed by atoms with Crippen LogP contribution in [0.3, 0.4) is 0 Å². The number of hydrogen-bond donors (Lipinski definition) is 0. The molecule has 0 aliphatic heterocycles. The topological polar surface area (TPSA) is 17.1 Å². The minimum absolute atomic E-state index is 0.347. The summed E-state index contributed by atoms with van der Waals surface area (Å²) in [6, 6.07) is 0. The molecule has 0 saturated heterocycles. The quantitative estimate of drug-likeness (QED) is 0.619. The standard InChI is InChI=1S/C17H28O/c1-11-6-7-12-13-5-4-10-17(2,3)15(13)9-8-14(12)16(11)18/h11-15H,4-10H2,1-3H3. The molecule has 0 spiro atoms. The number of Topliss-reactive ketones (excluding diaryl/α,β-unsaturated/α-hetero) is 1. The molecule has 1 heteroatoms. The number of carbonyl (C=O) groups excluding carboxylic acids is 1. The first-order chi connectivity index (χ1) is 8.50. The van der Waals surface area contributed by atoms with Crippen LogP contribution in [0.2, 0.25) is 0 Å². The van der Waals surface area contributed by atoms with E-state index in [9.17, 15) is 4.79 Å². The van der Waals surface area contributed by atoms with E-state index in [0.29, 0.717) is 23.0 Å². The second kappa shape index (κ2) is 4.35. The van der Waals surface area contributed by atoms with Gasteiger partial charge in [0.1, 0.15) is 5.78 Å². The minimum atomic E-state index is 0.347. The summed E-state index contributed by atoms with van der Waals surface area (Å²) in [6.45, 7) is 7.09. The van der Waals surface area contributed by atoms with Crippen molar-refractivity contribution >= 4 is 5.78 Å². The molecule has 0 amide bonds. The highest BCUT2D eigenvalue weighted by Crippen LogP contribution is 2.56. The van der Waals surface area contributed by atoms with Gasteiger partial charge in [-0.1, -0.05) is 27.2 Å². The Morgan fingerprint density at radius 2 is 1.78 bits per heavy atom. The summed E-state index contributed by atoms with van der Waals surface area (Å²) >= 11 is 0. The molecule has 3 fully saturated rings. The summed E-state index contributed by atoms with van der Waals surface area (Å²) in [5, 5.41) is 0. The molecule has 3 rings (SSSR count). The van der Waals surface area contributed by atoms with Crippen molar-refractivity contribution in [2.24, 2.45) is 35.0 Å². The lowest BCUT2D eigenvalue weighted by atomic mass is 9.51. The van der Waals surface area contributed by atoms with Crippen LogP contribution in [0.25, 0.3) is 0 Å². The molecular weight excluding hydrogens is 220 g/mol. The van der Waals surface area contributed by atoms with E-state index >= 15 is 0 Å². The van der Waals surface area contributed by atoms with Crippen LogP contribution in [0.5, 0.6) is 0 Å². The first-order valence-electron chi connectivity index (χ1n) is 8.04. The Labute approximate surface area is 112 Å². The number of ketones is 1. The third-order valence-electron chi connectivity index (χ3n) is 6.52. The van der Waals surface area contributed by atoms with Crippen LogP contribution in [-0.2, 0) is 4.79 Å². The van der Waals surface area contributed by atoms with Gasteiger partial charge < -0.3 is 0 Å². The van der Waals surface area contributed by atoms with Crippen LogP contribution in [0, 0.1) is 35.0 Å². The highest BCUT2D eigenvalue weighted by Gasteiger charge is 2.50. The Morgan fingerprint density at radius 1 is 1.00 bits per heavy atom. The van der Waals surface area contributed by atoms with Gasteiger partial charge in [-0.15, -0.1) is 0 Å². The average Bonchev–Trinajstić information content (AvgIpc) is 2.33. The van der Waals surface area contributed by atoms with E-state index in [2.05, 4.69) is 20.8 Å². The maximum absolute atomic E-state index is 12.4. The van der Waals surface area contributed by atoms with Gasteiger partial charge >= 0.3 is 0 Å².